The molecular formula is C29H36O17. The Morgan fingerprint density at radius 1 is 0.674 bits per heavy atom. The molecule has 0 spiro atoms. The molecule has 10 N–H and O–H groups in total. The van der Waals surface area contributed by atoms with Crippen LogP contribution in [-0.4, -0.2) is 140 Å². The van der Waals surface area contributed by atoms with Crippen molar-refractivity contribution in [3.8, 4) is 34.5 Å². The van der Waals surface area contributed by atoms with Gasteiger partial charge in [-0.05, 0) is 12.1 Å². The third-order valence-corrected chi connectivity index (χ3v) is 7.90. The minimum atomic E-state index is -1.80. The van der Waals surface area contributed by atoms with Crippen LogP contribution in [0.5, 0.6) is 34.5 Å². The summed E-state index contributed by atoms with van der Waals surface area (Å²) in [6, 6.07) is 5.13. The van der Waals surface area contributed by atoms with Crippen molar-refractivity contribution in [3.05, 3.63) is 41.2 Å². The highest BCUT2D eigenvalue weighted by atomic mass is 16.7. The van der Waals surface area contributed by atoms with Gasteiger partial charge in [-0.2, -0.15) is 0 Å². The van der Waals surface area contributed by atoms with E-state index in [1.165, 1.54) is 32.4 Å². The van der Waals surface area contributed by atoms with Crippen LogP contribution in [0.1, 0.15) is 11.1 Å². The molecule has 17 nitrogen and oxygen atoms in total. The van der Waals surface area contributed by atoms with E-state index >= 15 is 0 Å². The molecule has 46 heavy (non-hydrogen) atoms. The van der Waals surface area contributed by atoms with Crippen LogP contribution in [0, 0.1) is 0 Å². The largest absolute Gasteiger partial charge is 0.508 e. The van der Waals surface area contributed by atoms with Crippen LogP contribution >= 0.6 is 0 Å². The number of hydrogen-bond acceptors (Lipinski definition) is 17. The maximum Gasteiger partial charge on any atom is 0.229 e. The van der Waals surface area contributed by atoms with Crippen LogP contribution in [0.25, 0.3) is 5.76 Å². The zero-order chi connectivity index (χ0) is 33.4. The molecule has 2 saturated heterocycles. The number of methoxy groups -OCH3 is 2. The number of hydrogen-bond donors (Lipinski definition) is 10. The lowest BCUT2D eigenvalue weighted by molar-refractivity contribution is -0.291. The zero-order valence-corrected chi connectivity index (χ0v) is 24.5. The summed E-state index contributed by atoms with van der Waals surface area (Å²) in [5.41, 5.74) is 0.382. The lowest BCUT2D eigenvalue weighted by Gasteiger charge is -2.41. The first-order valence-corrected chi connectivity index (χ1v) is 14.1. The smallest absolute Gasteiger partial charge is 0.229 e. The summed E-state index contributed by atoms with van der Waals surface area (Å²) >= 11 is 0. The molecular weight excluding hydrogens is 620 g/mol. The molecule has 0 amide bonds. The van der Waals surface area contributed by atoms with Crippen LogP contribution in [-0.2, 0) is 20.6 Å². The average molecular weight is 657 g/mol. The van der Waals surface area contributed by atoms with Gasteiger partial charge in [-0.15, -0.1) is 0 Å². The lowest BCUT2D eigenvalue weighted by atomic mass is 9.98. The first-order valence-electron chi connectivity index (χ1n) is 14.1. The van der Waals surface area contributed by atoms with Crippen LogP contribution in [0.4, 0.5) is 0 Å². The number of phenolic OH excluding ortho intramolecular Hbond substituents is 2. The molecule has 0 aliphatic carbocycles. The van der Waals surface area contributed by atoms with E-state index in [2.05, 4.69) is 0 Å². The van der Waals surface area contributed by atoms with Crippen molar-refractivity contribution >= 4 is 5.76 Å². The molecule has 0 aromatic heterocycles. The van der Waals surface area contributed by atoms with E-state index in [-0.39, 0.29) is 63.6 Å². The van der Waals surface area contributed by atoms with Crippen molar-refractivity contribution in [2.24, 2.45) is 0 Å². The Morgan fingerprint density at radius 3 is 1.70 bits per heavy atom. The molecule has 2 aromatic rings. The van der Waals surface area contributed by atoms with Gasteiger partial charge in [0.15, 0.2) is 17.3 Å². The van der Waals surface area contributed by atoms with E-state index in [0.717, 1.165) is 6.07 Å². The van der Waals surface area contributed by atoms with Crippen molar-refractivity contribution in [1.82, 2.24) is 0 Å². The van der Waals surface area contributed by atoms with Crippen molar-refractivity contribution in [1.29, 1.82) is 0 Å². The molecule has 5 rings (SSSR count). The van der Waals surface area contributed by atoms with E-state index in [1.54, 1.807) is 0 Å². The van der Waals surface area contributed by atoms with Gasteiger partial charge in [0, 0.05) is 29.7 Å². The average Bonchev–Trinajstić information content (AvgIpc) is 3.05. The third kappa shape index (κ3) is 6.21. The minimum absolute atomic E-state index is 0.00162. The number of ether oxygens (including phenoxy) is 7. The first kappa shape index (κ1) is 33.7. The molecule has 3 heterocycles. The highest BCUT2D eigenvalue weighted by molar-refractivity contribution is 5.73. The molecule has 2 aromatic carbocycles. The standard InChI is InChI=1S/C29H36O17/c1-40-15-3-10(4-16(41-2)20(15)33)27-17(44-29-26(39)24(37)22(35)19(9-31)46-29)7-12-13(42-27)5-11(32)6-14(12)43-28-25(38)23(36)21(34)18(8-30)45-28/h3-6,18-19,21-26,28-39H,7-9H2,1-2H3. The summed E-state index contributed by atoms with van der Waals surface area (Å²) < 4.78 is 39.5. The van der Waals surface area contributed by atoms with Crippen LogP contribution in [0.2, 0.25) is 0 Å². The van der Waals surface area contributed by atoms with Gasteiger partial charge in [-0.3, -0.25) is 0 Å². The SMILES string of the molecule is COc1cc(C2=C(OC3OC(CO)C(O)C(O)C3O)Cc3c(cc(O)cc3OC3OC(CO)C(O)C(O)C3O)O2)cc(OC)c1O. The minimum Gasteiger partial charge on any atom is -0.508 e. The van der Waals surface area contributed by atoms with Crippen molar-refractivity contribution in [3.63, 3.8) is 0 Å². The number of aliphatic hydroxyl groups is 8. The number of aliphatic hydroxyl groups excluding tert-OH is 8. The number of aromatic hydroxyl groups is 2. The fourth-order valence-electron chi connectivity index (χ4n) is 5.32. The summed E-state index contributed by atoms with van der Waals surface area (Å²) in [4.78, 5) is 0. The van der Waals surface area contributed by atoms with Gasteiger partial charge in [-0.1, -0.05) is 0 Å². The Kier molecular flexibility index (Phi) is 9.99. The van der Waals surface area contributed by atoms with Crippen LogP contribution < -0.4 is 18.9 Å². The Balaban J connectivity index is 1.58. The summed E-state index contributed by atoms with van der Waals surface area (Å²) in [5, 5.41) is 102. The third-order valence-electron chi connectivity index (χ3n) is 7.90. The number of fused-ring (bicyclic) bond motifs is 1. The molecule has 10 unspecified atom stereocenters. The van der Waals surface area contributed by atoms with E-state index in [4.69, 9.17) is 33.2 Å². The van der Waals surface area contributed by atoms with Crippen molar-refractivity contribution < 1.29 is 84.2 Å². The Morgan fingerprint density at radius 2 is 1.20 bits per heavy atom. The van der Waals surface area contributed by atoms with Crippen LogP contribution in [0.3, 0.4) is 0 Å². The monoisotopic (exact) mass is 656 g/mol. The predicted octanol–water partition coefficient (Wildman–Crippen LogP) is -2.59. The summed E-state index contributed by atoms with van der Waals surface area (Å²) in [5.74, 6) is -1.03. The molecule has 0 radical (unpaired) electrons. The van der Waals surface area contributed by atoms with Gasteiger partial charge in [0.2, 0.25) is 18.3 Å². The molecule has 2 fully saturated rings. The van der Waals surface area contributed by atoms with Gasteiger partial charge >= 0.3 is 0 Å². The summed E-state index contributed by atoms with van der Waals surface area (Å²) in [7, 11) is 2.60. The highest BCUT2D eigenvalue weighted by Crippen LogP contribution is 2.46. The first-order chi connectivity index (χ1) is 21.9. The van der Waals surface area contributed by atoms with Gasteiger partial charge in [0.05, 0.1) is 27.4 Å². The normalized spacial score (nSPS) is 32.7. The van der Waals surface area contributed by atoms with Crippen LogP contribution in [0.15, 0.2) is 30.0 Å². The molecule has 3 aliphatic rings. The fourth-order valence-corrected chi connectivity index (χ4v) is 5.32. The second kappa shape index (κ2) is 13.6. The van der Waals surface area contributed by atoms with Gasteiger partial charge in [0.25, 0.3) is 0 Å². The van der Waals surface area contributed by atoms with E-state index in [1.807, 2.05) is 0 Å². The maximum absolute atomic E-state index is 10.7. The number of rotatable bonds is 9. The topological polar surface area (TPSA) is 267 Å². The molecule has 254 valence electrons. The second-order valence-corrected chi connectivity index (χ2v) is 10.8. The van der Waals surface area contributed by atoms with Gasteiger partial charge in [0.1, 0.15) is 71.8 Å². The zero-order valence-electron chi connectivity index (χ0n) is 24.5. The quantitative estimate of drug-likeness (QED) is 0.133. The highest BCUT2D eigenvalue weighted by Gasteiger charge is 2.47. The van der Waals surface area contributed by atoms with E-state index in [9.17, 15) is 51.1 Å². The summed E-state index contributed by atoms with van der Waals surface area (Å²) in [6.45, 7) is -1.44. The predicted molar refractivity (Wildman–Crippen MR) is 150 cm³/mol. The number of allylic oxidation sites excluding steroid dienone is 1. The van der Waals surface area contributed by atoms with Crippen molar-refractivity contribution in [2.75, 3.05) is 27.4 Å². The van der Waals surface area contributed by atoms with E-state index < -0.39 is 74.6 Å². The van der Waals surface area contributed by atoms with Crippen molar-refractivity contribution in [2.45, 2.75) is 67.8 Å². The Hall–Kier alpha value is -3.62. The maximum atomic E-state index is 10.7. The lowest BCUT2D eigenvalue weighted by Crippen LogP contribution is -2.60. The van der Waals surface area contributed by atoms with Gasteiger partial charge < -0.3 is 84.2 Å². The molecule has 10 atom stereocenters. The Bertz CT molecular complexity index is 1400. The number of benzene rings is 2. The summed E-state index contributed by atoms with van der Waals surface area (Å²) in [6.07, 6.45) is -16.6. The molecule has 0 bridgehead atoms. The van der Waals surface area contributed by atoms with E-state index in [0.29, 0.717) is 0 Å². The fraction of sp³-hybridized carbons (Fsp3) is 0.517. The molecule has 3 aliphatic heterocycles. The van der Waals surface area contributed by atoms with Gasteiger partial charge in [-0.25, -0.2) is 0 Å². The Labute approximate surface area is 261 Å². The number of phenols is 2. The molecule has 0 saturated carbocycles. The molecule has 17 heteroatoms. The second-order valence-electron chi connectivity index (χ2n) is 10.8.